The van der Waals surface area contributed by atoms with Crippen LogP contribution in [0.1, 0.15) is 18.2 Å². The lowest BCUT2D eigenvalue weighted by molar-refractivity contribution is 0.508. The number of nitrogens with zero attached hydrogens (tertiary/aromatic N) is 2. The Morgan fingerprint density at radius 3 is 2.70 bits per heavy atom. The predicted octanol–water partition coefficient (Wildman–Crippen LogP) is 2.19. The van der Waals surface area contributed by atoms with Gasteiger partial charge in [0.15, 0.2) is 11.6 Å². The Labute approximate surface area is 113 Å². The number of halogens is 2. The van der Waals surface area contributed by atoms with E-state index in [1.165, 1.54) is 12.1 Å². The van der Waals surface area contributed by atoms with Gasteiger partial charge >= 0.3 is 0 Å². The Morgan fingerprint density at radius 1 is 1.30 bits per heavy atom. The first-order valence-electron chi connectivity index (χ1n) is 5.79. The third-order valence-electron chi connectivity index (χ3n) is 2.54. The highest BCUT2D eigenvalue weighted by Gasteiger charge is 2.05. The minimum Gasteiger partial charge on any atom is -0.291 e. The smallest absolute Gasteiger partial charge is 0.252 e. The van der Waals surface area contributed by atoms with Crippen molar-refractivity contribution in [3.05, 3.63) is 57.5 Å². The van der Waals surface area contributed by atoms with Crippen LogP contribution in [-0.2, 0) is 0 Å². The van der Waals surface area contributed by atoms with E-state index in [0.717, 1.165) is 12.1 Å². The lowest BCUT2D eigenvalue weighted by Gasteiger charge is -2.04. The first-order valence-corrected chi connectivity index (χ1v) is 5.79. The van der Waals surface area contributed by atoms with Crippen molar-refractivity contribution in [2.75, 3.05) is 5.43 Å². The molecule has 0 aliphatic carbocycles. The van der Waals surface area contributed by atoms with Crippen LogP contribution in [0.5, 0.6) is 0 Å². The van der Waals surface area contributed by atoms with Crippen molar-refractivity contribution in [1.82, 2.24) is 9.97 Å². The molecule has 0 fully saturated rings. The van der Waals surface area contributed by atoms with Crippen LogP contribution in [0, 0.1) is 18.6 Å². The van der Waals surface area contributed by atoms with Crippen LogP contribution < -0.4 is 11.0 Å². The summed E-state index contributed by atoms with van der Waals surface area (Å²) in [6.07, 6.45) is 0. The maximum atomic E-state index is 13.1. The second-order valence-corrected chi connectivity index (χ2v) is 4.17. The first kappa shape index (κ1) is 13.9. The minimum atomic E-state index is -0.945. The predicted molar refractivity (Wildman–Crippen MR) is 71.8 cm³/mol. The van der Waals surface area contributed by atoms with Gasteiger partial charge in [0.2, 0.25) is 5.95 Å². The van der Waals surface area contributed by atoms with Gasteiger partial charge in [0.25, 0.3) is 5.56 Å². The van der Waals surface area contributed by atoms with E-state index < -0.39 is 11.6 Å². The molecule has 7 heteroatoms. The maximum Gasteiger partial charge on any atom is 0.252 e. The molecule has 0 spiro atoms. The summed E-state index contributed by atoms with van der Waals surface area (Å²) in [6.45, 7) is 3.29. The summed E-state index contributed by atoms with van der Waals surface area (Å²) in [5, 5.41) is 3.96. The van der Waals surface area contributed by atoms with Gasteiger partial charge in [-0.2, -0.15) is 5.10 Å². The van der Waals surface area contributed by atoms with Gasteiger partial charge in [0.05, 0.1) is 5.71 Å². The lowest BCUT2D eigenvalue weighted by Crippen LogP contribution is -2.11. The largest absolute Gasteiger partial charge is 0.291 e. The summed E-state index contributed by atoms with van der Waals surface area (Å²) in [5.74, 6) is -1.68. The molecule has 20 heavy (non-hydrogen) atoms. The third-order valence-corrected chi connectivity index (χ3v) is 2.54. The molecule has 1 heterocycles. The molecule has 0 atom stereocenters. The van der Waals surface area contributed by atoms with Crippen LogP contribution in [0.2, 0.25) is 0 Å². The number of aryl methyl sites for hydroxylation is 1. The number of anilines is 1. The molecule has 0 amide bonds. The SMILES string of the molecule is C/C(=N/Nc1nc(C)cc(=O)[nH]1)c1ccc(F)c(F)c1. The van der Waals surface area contributed by atoms with E-state index in [-0.39, 0.29) is 11.5 Å². The molecule has 0 aliphatic heterocycles. The second-order valence-electron chi connectivity index (χ2n) is 4.17. The van der Waals surface area contributed by atoms with Gasteiger partial charge in [-0.1, -0.05) is 0 Å². The molecule has 2 aromatic rings. The summed E-state index contributed by atoms with van der Waals surface area (Å²) >= 11 is 0. The molecule has 0 radical (unpaired) electrons. The van der Waals surface area contributed by atoms with Crippen LogP contribution in [-0.4, -0.2) is 15.7 Å². The topological polar surface area (TPSA) is 70.1 Å². The number of nitrogens with one attached hydrogen (secondary N) is 2. The molecular formula is C13H12F2N4O. The van der Waals surface area contributed by atoms with Gasteiger partial charge in [-0.3, -0.25) is 9.78 Å². The normalized spacial score (nSPS) is 11.5. The number of rotatable bonds is 3. The van der Waals surface area contributed by atoms with Gasteiger partial charge in [0.1, 0.15) is 0 Å². The average molecular weight is 278 g/mol. The fraction of sp³-hybridized carbons (Fsp3) is 0.154. The Hall–Kier alpha value is -2.57. The summed E-state index contributed by atoms with van der Waals surface area (Å²) in [4.78, 5) is 17.7. The highest BCUT2D eigenvalue weighted by atomic mass is 19.2. The Bertz CT molecular complexity index is 725. The average Bonchev–Trinajstić information content (AvgIpc) is 2.38. The van der Waals surface area contributed by atoms with E-state index in [9.17, 15) is 13.6 Å². The van der Waals surface area contributed by atoms with Crippen molar-refractivity contribution in [3.63, 3.8) is 0 Å². The quantitative estimate of drug-likeness (QED) is 0.668. The Kier molecular flexibility index (Phi) is 3.88. The van der Waals surface area contributed by atoms with Crippen LogP contribution in [0.15, 0.2) is 34.2 Å². The van der Waals surface area contributed by atoms with Crippen LogP contribution in [0.3, 0.4) is 0 Å². The number of H-pyrrole nitrogens is 1. The summed E-state index contributed by atoms with van der Waals surface area (Å²) < 4.78 is 25.9. The van der Waals surface area contributed by atoms with Crippen molar-refractivity contribution in [3.8, 4) is 0 Å². The molecule has 5 nitrogen and oxygen atoms in total. The van der Waals surface area contributed by atoms with E-state index >= 15 is 0 Å². The molecule has 0 unspecified atom stereocenters. The highest BCUT2D eigenvalue weighted by Crippen LogP contribution is 2.10. The zero-order valence-corrected chi connectivity index (χ0v) is 10.9. The van der Waals surface area contributed by atoms with E-state index in [0.29, 0.717) is 17.0 Å². The van der Waals surface area contributed by atoms with Crippen molar-refractivity contribution < 1.29 is 8.78 Å². The van der Waals surface area contributed by atoms with Gasteiger partial charge in [-0.15, -0.1) is 0 Å². The summed E-state index contributed by atoms with van der Waals surface area (Å²) in [7, 11) is 0. The number of aromatic nitrogens is 2. The molecule has 104 valence electrons. The summed E-state index contributed by atoms with van der Waals surface area (Å²) in [5.41, 5.74) is 3.64. The van der Waals surface area contributed by atoms with Gasteiger partial charge in [0, 0.05) is 17.3 Å². The summed E-state index contributed by atoms with van der Waals surface area (Å²) in [6, 6.07) is 4.82. The van der Waals surface area contributed by atoms with E-state index in [4.69, 9.17) is 0 Å². The van der Waals surface area contributed by atoms with Crippen LogP contribution >= 0.6 is 0 Å². The first-order chi connectivity index (χ1) is 9.45. The second kappa shape index (κ2) is 5.60. The zero-order valence-electron chi connectivity index (χ0n) is 10.9. The molecule has 0 bridgehead atoms. The number of aromatic amines is 1. The monoisotopic (exact) mass is 278 g/mol. The maximum absolute atomic E-state index is 13.1. The van der Waals surface area contributed by atoms with E-state index in [1.54, 1.807) is 13.8 Å². The minimum absolute atomic E-state index is 0.178. The Balaban J connectivity index is 2.22. The van der Waals surface area contributed by atoms with Crippen molar-refractivity contribution >= 4 is 11.7 Å². The zero-order chi connectivity index (χ0) is 14.7. The lowest BCUT2D eigenvalue weighted by atomic mass is 10.1. The number of benzene rings is 1. The molecule has 1 aromatic heterocycles. The van der Waals surface area contributed by atoms with Crippen molar-refractivity contribution in [1.29, 1.82) is 0 Å². The van der Waals surface area contributed by atoms with E-state index in [2.05, 4.69) is 20.5 Å². The fourth-order valence-electron chi connectivity index (χ4n) is 1.55. The van der Waals surface area contributed by atoms with Crippen LogP contribution in [0.4, 0.5) is 14.7 Å². The molecular weight excluding hydrogens is 266 g/mol. The molecule has 2 N–H and O–H groups in total. The molecule has 1 aromatic carbocycles. The van der Waals surface area contributed by atoms with Crippen molar-refractivity contribution in [2.24, 2.45) is 5.10 Å². The van der Waals surface area contributed by atoms with Crippen molar-refractivity contribution in [2.45, 2.75) is 13.8 Å². The van der Waals surface area contributed by atoms with E-state index in [1.807, 2.05) is 0 Å². The highest BCUT2D eigenvalue weighted by molar-refractivity contribution is 5.98. The van der Waals surface area contributed by atoms with Gasteiger partial charge < -0.3 is 0 Å². The molecule has 0 saturated carbocycles. The number of hydrogen-bond donors (Lipinski definition) is 2. The van der Waals surface area contributed by atoms with Gasteiger partial charge in [-0.25, -0.2) is 19.2 Å². The number of hydrogen-bond acceptors (Lipinski definition) is 4. The number of hydrazone groups is 1. The molecule has 2 rings (SSSR count). The van der Waals surface area contributed by atoms with Crippen LogP contribution in [0.25, 0.3) is 0 Å². The Morgan fingerprint density at radius 2 is 2.05 bits per heavy atom. The molecule has 0 aliphatic rings. The standard InChI is InChI=1S/C13H12F2N4O/c1-7-5-12(20)17-13(16-7)19-18-8(2)9-3-4-10(14)11(15)6-9/h3-6H,1-2H3,(H2,16,17,19,20)/b18-8-. The molecule has 0 saturated heterocycles. The van der Waals surface area contributed by atoms with Gasteiger partial charge in [-0.05, 0) is 32.0 Å². The fourth-order valence-corrected chi connectivity index (χ4v) is 1.55. The third kappa shape index (κ3) is 3.25.